The molecule has 1 aromatic rings. The van der Waals surface area contributed by atoms with E-state index >= 15 is 0 Å². The van der Waals surface area contributed by atoms with E-state index in [0.29, 0.717) is 6.04 Å². The Hall–Kier alpha value is -0.870. The molecule has 110 valence electrons. The molecule has 1 heterocycles. The third-order valence-corrected chi connectivity index (χ3v) is 4.22. The lowest BCUT2D eigenvalue weighted by Crippen LogP contribution is -2.51. The Morgan fingerprint density at radius 3 is 2.47 bits per heavy atom. The first kappa shape index (κ1) is 16.2. The summed E-state index contributed by atoms with van der Waals surface area (Å²) in [5, 5.41) is 7.68. The molecule has 1 unspecified atom stereocenters. The van der Waals surface area contributed by atoms with E-state index in [4.69, 9.17) is 4.74 Å². The first-order chi connectivity index (χ1) is 9.13. The maximum atomic E-state index is 6.10. The molecular weight excluding hydrogens is 238 g/mol. The maximum Gasteiger partial charge on any atom is 0.0829 e. The summed E-state index contributed by atoms with van der Waals surface area (Å²) < 4.78 is 8.05. The lowest BCUT2D eigenvalue weighted by Gasteiger charge is -2.39. The number of rotatable bonds is 9. The molecule has 1 atom stereocenters. The van der Waals surface area contributed by atoms with Crippen LogP contribution in [0.2, 0.25) is 0 Å². The van der Waals surface area contributed by atoms with Gasteiger partial charge in [0.1, 0.15) is 0 Å². The Balaban J connectivity index is 2.72. The van der Waals surface area contributed by atoms with Crippen molar-refractivity contribution >= 4 is 0 Å². The van der Waals surface area contributed by atoms with E-state index in [-0.39, 0.29) is 5.60 Å². The smallest absolute Gasteiger partial charge is 0.0829 e. The second-order valence-corrected chi connectivity index (χ2v) is 5.03. The van der Waals surface area contributed by atoms with E-state index in [2.05, 4.69) is 37.3 Å². The summed E-state index contributed by atoms with van der Waals surface area (Å²) in [5.41, 5.74) is 1.22. The lowest BCUT2D eigenvalue weighted by atomic mass is 9.85. The third-order valence-electron chi connectivity index (χ3n) is 4.22. The fourth-order valence-corrected chi connectivity index (χ4v) is 2.94. The van der Waals surface area contributed by atoms with E-state index in [1.165, 1.54) is 5.69 Å². The van der Waals surface area contributed by atoms with Gasteiger partial charge in [-0.25, -0.2) is 0 Å². The molecule has 0 radical (unpaired) electrons. The Labute approximate surface area is 117 Å². The molecule has 0 amide bonds. The summed E-state index contributed by atoms with van der Waals surface area (Å²) in [6.07, 6.45) is 6.02. The van der Waals surface area contributed by atoms with Crippen molar-refractivity contribution < 1.29 is 4.74 Å². The van der Waals surface area contributed by atoms with Crippen LogP contribution >= 0.6 is 0 Å². The van der Waals surface area contributed by atoms with E-state index in [1.807, 2.05) is 25.0 Å². The van der Waals surface area contributed by atoms with Crippen molar-refractivity contribution in [2.45, 2.75) is 58.1 Å². The molecule has 19 heavy (non-hydrogen) atoms. The summed E-state index contributed by atoms with van der Waals surface area (Å²) >= 11 is 0. The zero-order valence-corrected chi connectivity index (χ0v) is 13.1. The van der Waals surface area contributed by atoms with Gasteiger partial charge in [-0.2, -0.15) is 5.10 Å². The summed E-state index contributed by atoms with van der Waals surface area (Å²) in [7, 11) is 4.03. The van der Waals surface area contributed by atoms with Crippen LogP contribution < -0.4 is 5.32 Å². The number of likely N-dealkylation sites (N-methyl/N-ethyl adjacent to an activating group) is 1. The van der Waals surface area contributed by atoms with Crippen LogP contribution in [-0.4, -0.2) is 35.1 Å². The van der Waals surface area contributed by atoms with Gasteiger partial charge in [0.25, 0.3) is 0 Å². The SMILES string of the molecule is CCOC(CC)(CC)C(CCc1ccnn1C)NC. The van der Waals surface area contributed by atoms with Crippen LogP contribution in [-0.2, 0) is 18.2 Å². The largest absolute Gasteiger partial charge is 0.374 e. The van der Waals surface area contributed by atoms with Gasteiger partial charge >= 0.3 is 0 Å². The van der Waals surface area contributed by atoms with Gasteiger partial charge in [-0.1, -0.05) is 13.8 Å². The third kappa shape index (κ3) is 3.80. The van der Waals surface area contributed by atoms with E-state index in [9.17, 15) is 0 Å². The fourth-order valence-electron chi connectivity index (χ4n) is 2.94. The van der Waals surface area contributed by atoms with Crippen LogP contribution in [0.15, 0.2) is 12.3 Å². The Morgan fingerprint density at radius 1 is 1.37 bits per heavy atom. The number of hydrogen-bond donors (Lipinski definition) is 1. The Morgan fingerprint density at radius 2 is 2.05 bits per heavy atom. The number of aryl methyl sites for hydroxylation is 2. The van der Waals surface area contributed by atoms with Crippen LogP contribution in [0.5, 0.6) is 0 Å². The first-order valence-electron chi connectivity index (χ1n) is 7.41. The monoisotopic (exact) mass is 267 g/mol. The summed E-state index contributed by atoms with van der Waals surface area (Å²) in [5.74, 6) is 0. The molecule has 0 saturated carbocycles. The van der Waals surface area contributed by atoms with Gasteiger partial charge in [-0.3, -0.25) is 4.68 Å². The first-order valence-corrected chi connectivity index (χ1v) is 7.41. The Kier molecular flexibility index (Phi) is 6.52. The molecule has 0 aliphatic heterocycles. The minimum atomic E-state index is -0.0535. The average Bonchev–Trinajstić information content (AvgIpc) is 2.83. The molecule has 0 aliphatic rings. The second-order valence-electron chi connectivity index (χ2n) is 5.03. The van der Waals surface area contributed by atoms with Crippen LogP contribution in [0.4, 0.5) is 0 Å². The topological polar surface area (TPSA) is 39.1 Å². The van der Waals surface area contributed by atoms with Gasteiger partial charge in [0.05, 0.1) is 5.60 Å². The molecule has 1 aromatic heterocycles. The van der Waals surface area contributed by atoms with Gasteiger partial charge in [0.2, 0.25) is 0 Å². The molecule has 4 nitrogen and oxygen atoms in total. The van der Waals surface area contributed by atoms with E-state index in [1.54, 1.807) is 0 Å². The van der Waals surface area contributed by atoms with E-state index < -0.39 is 0 Å². The van der Waals surface area contributed by atoms with Crippen molar-refractivity contribution in [2.75, 3.05) is 13.7 Å². The zero-order chi connectivity index (χ0) is 14.3. The quantitative estimate of drug-likeness (QED) is 0.747. The molecule has 0 aliphatic carbocycles. The predicted molar refractivity (Wildman–Crippen MR) is 79.3 cm³/mol. The molecule has 4 heteroatoms. The highest BCUT2D eigenvalue weighted by atomic mass is 16.5. The minimum Gasteiger partial charge on any atom is -0.374 e. The van der Waals surface area contributed by atoms with Gasteiger partial charge in [-0.05, 0) is 45.7 Å². The van der Waals surface area contributed by atoms with Crippen molar-refractivity contribution in [3.63, 3.8) is 0 Å². The van der Waals surface area contributed by atoms with Crippen LogP contribution in [0.1, 0.15) is 45.7 Å². The maximum absolute atomic E-state index is 6.10. The number of ether oxygens (including phenoxy) is 1. The molecule has 0 fully saturated rings. The van der Waals surface area contributed by atoms with Crippen molar-refractivity contribution in [3.05, 3.63) is 18.0 Å². The number of aromatic nitrogens is 2. The van der Waals surface area contributed by atoms with Crippen molar-refractivity contribution in [2.24, 2.45) is 7.05 Å². The highest BCUT2D eigenvalue weighted by molar-refractivity contribution is 5.02. The molecule has 0 saturated heterocycles. The van der Waals surface area contributed by atoms with Gasteiger partial charge in [-0.15, -0.1) is 0 Å². The molecular formula is C15H29N3O. The lowest BCUT2D eigenvalue weighted by molar-refractivity contribution is -0.0722. The standard InChI is InChI=1S/C15H29N3O/c1-6-15(7-2,19-8-3)14(16-4)10-9-13-11-12-17-18(13)5/h11-12,14,16H,6-10H2,1-5H3. The van der Waals surface area contributed by atoms with Crippen molar-refractivity contribution in [1.82, 2.24) is 15.1 Å². The second kappa shape index (κ2) is 7.65. The number of hydrogen-bond acceptors (Lipinski definition) is 3. The molecule has 0 spiro atoms. The Bertz CT molecular complexity index is 358. The molecule has 0 aromatic carbocycles. The molecule has 1 rings (SSSR count). The average molecular weight is 267 g/mol. The van der Waals surface area contributed by atoms with Gasteiger partial charge < -0.3 is 10.1 Å². The highest BCUT2D eigenvalue weighted by Gasteiger charge is 2.35. The van der Waals surface area contributed by atoms with Crippen LogP contribution in [0.25, 0.3) is 0 Å². The summed E-state index contributed by atoms with van der Waals surface area (Å²) in [6.45, 7) is 7.28. The van der Waals surface area contributed by atoms with Gasteiger partial charge in [0.15, 0.2) is 0 Å². The minimum absolute atomic E-state index is 0.0535. The highest BCUT2D eigenvalue weighted by Crippen LogP contribution is 2.27. The normalized spacial score (nSPS) is 13.7. The van der Waals surface area contributed by atoms with Crippen molar-refractivity contribution in [1.29, 1.82) is 0 Å². The predicted octanol–water partition coefficient (Wildman–Crippen LogP) is 2.54. The molecule has 1 N–H and O–H groups in total. The summed E-state index contributed by atoms with van der Waals surface area (Å²) in [6, 6.07) is 2.46. The van der Waals surface area contributed by atoms with Gasteiger partial charge in [0, 0.05) is 31.6 Å². The van der Waals surface area contributed by atoms with Crippen LogP contribution in [0, 0.1) is 0 Å². The molecule has 0 bridgehead atoms. The number of nitrogens with one attached hydrogen (secondary N) is 1. The fraction of sp³-hybridized carbons (Fsp3) is 0.800. The zero-order valence-electron chi connectivity index (χ0n) is 13.1. The van der Waals surface area contributed by atoms with Crippen molar-refractivity contribution in [3.8, 4) is 0 Å². The number of nitrogens with zero attached hydrogens (tertiary/aromatic N) is 2. The van der Waals surface area contributed by atoms with E-state index in [0.717, 1.165) is 32.3 Å². The van der Waals surface area contributed by atoms with Crippen LogP contribution in [0.3, 0.4) is 0 Å². The summed E-state index contributed by atoms with van der Waals surface area (Å²) in [4.78, 5) is 0.